The molecule has 0 aliphatic heterocycles. The van der Waals surface area contributed by atoms with Crippen LogP contribution in [0.5, 0.6) is 0 Å². The number of nitrogens with zero attached hydrogens (tertiary/aromatic N) is 2. The Morgan fingerprint density at radius 2 is 1.64 bits per heavy atom. The fraction of sp³-hybridized carbons (Fsp3) is 0.130. The molecule has 6 nitrogen and oxygen atoms in total. The molecule has 10 heteroatoms. The number of anilines is 1. The molecule has 1 amide bonds. The second kappa shape index (κ2) is 10.6. The van der Waals surface area contributed by atoms with Crippen molar-refractivity contribution >= 4 is 62.1 Å². The predicted octanol–water partition coefficient (Wildman–Crippen LogP) is 5.69. The molecule has 0 heterocycles. The number of nitrogens with one attached hydrogen (secondary N) is 1. The van der Waals surface area contributed by atoms with Crippen molar-refractivity contribution in [1.82, 2.24) is 5.43 Å². The van der Waals surface area contributed by atoms with Gasteiger partial charge in [-0.15, -0.1) is 0 Å². The molecule has 0 aromatic heterocycles. The van der Waals surface area contributed by atoms with Crippen molar-refractivity contribution < 1.29 is 13.2 Å². The van der Waals surface area contributed by atoms with Crippen LogP contribution in [0.1, 0.15) is 18.1 Å². The van der Waals surface area contributed by atoms with E-state index in [0.717, 1.165) is 9.87 Å². The van der Waals surface area contributed by atoms with Crippen LogP contribution in [-0.2, 0) is 14.8 Å². The number of carbonyl (C=O) groups is 1. The van der Waals surface area contributed by atoms with Gasteiger partial charge in [0.1, 0.15) is 6.54 Å². The van der Waals surface area contributed by atoms with Crippen LogP contribution in [0.2, 0.25) is 15.1 Å². The molecular formula is C23H20Cl3N3O3S. The highest BCUT2D eigenvalue weighted by Gasteiger charge is 2.27. The van der Waals surface area contributed by atoms with Crippen molar-refractivity contribution in [3.05, 3.63) is 92.9 Å². The van der Waals surface area contributed by atoms with Gasteiger partial charge in [-0.1, -0.05) is 65.1 Å². The first-order valence-corrected chi connectivity index (χ1v) is 12.3. The molecule has 0 radical (unpaired) electrons. The van der Waals surface area contributed by atoms with E-state index in [1.165, 1.54) is 18.2 Å². The minimum atomic E-state index is -4.05. The Hall–Kier alpha value is -2.58. The summed E-state index contributed by atoms with van der Waals surface area (Å²) in [6.45, 7) is 2.97. The third kappa shape index (κ3) is 6.06. The van der Waals surface area contributed by atoms with Crippen molar-refractivity contribution in [2.75, 3.05) is 10.8 Å². The minimum Gasteiger partial charge on any atom is -0.271 e. The molecule has 3 aromatic rings. The number of hydrogen-bond acceptors (Lipinski definition) is 4. The van der Waals surface area contributed by atoms with Gasteiger partial charge in [-0.2, -0.15) is 5.10 Å². The molecule has 3 aromatic carbocycles. The van der Waals surface area contributed by atoms with E-state index in [1.54, 1.807) is 62.4 Å². The van der Waals surface area contributed by atoms with Crippen molar-refractivity contribution in [3.63, 3.8) is 0 Å². The number of halogens is 3. The quantitative estimate of drug-likeness (QED) is 0.318. The van der Waals surface area contributed by atoms with Gasteiger partial charge < -0.3 is 0 Å². The first-order valence-electron chi connectivity index (χ1n) is 9.72. The van der Waals surface area contributed by atoms with E-state index in [1.807, 2.05) is 0 Å². The predicted molar refractivity (Wildman–Crippen MR) is 134 cm³/mol. The Balaban J connectivity index is 1.89. The van der Waals surface area contributed by atoms with Crippen LogP contribution >= 0.6 is 34.8 Å². The first kappa shape index (κ1) is 25.1. The number of aryl methyl sites for hydroxylation is 1. The number of sulfonamides is 1. The van der Waals surface area contributed by atoms with Crippen LogP contribution in [0.3, 0.4) is 0 Å². The lowest BCUT2D eigenvalue weighted by molar-refractivity contribution is -0.119. The van der Waals surface area contributed by atoms with Gasteiger partial charge in [0.15, 0.2) is 0 Å². The van der Waals surface area contributed by atoms with Crippen LogP contribution < -0.4 is 9.73 Å². The lowest BCUT2D eigenvalue weighted by Gasteiger charge is -2.24. The first-order chi connectivity index (χ1) is 15.6. The van der Waals surface area contributed by atoms with Gasteiger partial charge in [0.2, 0.25) is 0 Å². The third-order valence-electron chi connectivity index (χ3n) is 4.75. The van der Waals surface area contributed by atoms with Crippen LogP contribution in [0.25, 0.3) is 0 Å². The highest BCUT2D eigenvalue weighted by atomic mass is 35.5. The number of rotatable bonds is 7. The number of hydrazone groups is 1. The van der Waals surface area contributed by atoms with E-state index < -0.39 is 22.5 Å². The van der Waals surface area contributed by atoms with E-state index in [0.29, 0.717) is 26.3 Å². The highest BCUT2D eigenvalue weighted by Crippen LogP contribution is 2.28. The minimum absolute atomic E-state index is 0.0463. The van der Waals surface area contributed by atoms with E-state index in [9.17, 15) is 13.2 Å². The Bertz CT molecular complexity index is 1310. The molecule has 3 rings (SSSR count). The van der Waals surface area contributed by atoms with Gasteiger partial charge in [0.25, 0.3) is 15.9 Å². The lowest BCUT2D eigenvalue weighted by Crippen LogP contribution is -2.39. The van der Waals surface area contributed by atoms with Crippen molar-refractivity contribution in [3.8, 4) is 0 Å². The molecule has 33 heavy (non-hydrogen) atoms. The Morgan fingerprint density at radius 1 is 0.939 bits per heavy atom. The van der Waals surface area contributed by atoms with Crippen molar-refractivity contribution in [2.45, 2.75) is 18.7 Å². The molecular weight excluding hydrogens is 505 g/mol. The highest BCUT2D eigenvalue weighted by molar-refractivity contribution is 7.92. The monoisotopic (exact) mass is 523 g/mol. The van der Waals surface area contributed by atoms with Crippen molar-refractivity contribution in [2.24, 2.45) is 5.10 Å². The number of amides is 1. The average molecular weight is 525 g/mol. The summed E-state index contributed by atoms with van der Waals surface area (Å²) in [5.41, 5.74) is 4.57. The molecule has 172 valence electrons. The fourth-order valence-corrected chi connectivity index (χ4v) is 4.78. The van der Waals surface area contributed by atoms with Crippen molar-refractivity contribution in [1.29, 1.82) is 0 Å². The van der Waals surface area contributed by atoms with E-state index in [2.05, 4.69) is 10.5 Å². The lowest BCUT2D eigenvalue weighted by atomic mass is 10.1. The summed E-state index contributed by atoms with van der Waals surface area (Å²) in [4.78, 5) is 12.8. The molecule has 0 unspecified atom stereocenters. The van der Waals surface area contributed by atoms with Gasteiger partial charge in [-0.05, 0) is 61.4 Å². The smallest absolute Gasteiger partial charge is 0.264 e. The maximum Gasteiger partial charge on any atom is 0.264 e. The molecule has 0 aliphatic rings. The van der Waals surface area contributed by atoms with Gasteiger partial charge in [0, 0.05) is 5.02 Å². The van der Waals surface area contributed by atoms with Crippen LogP contribution in [0.4, 0.5) is 5.69 Å². The standard InChI is InChI=1S/C23H20Cl3N3O3S/c1-15-8-10-18(13-21(15)25)29(33(31,32)19-6-4-3-5-7-19)14-23(30)28-27-16(2)17-9-11-20(24)22(26)12-17/h3-13H,14H2,1-2H3,(H,28,30). The maximum absolute atomic E-state index is 13.3. The molecule has 0 aliphatic carbocycles. The summed E-state index contributed by atoms with van der Waals surface area (Å²) in [6.07, 6.45) is 0. The summed E-state index contributed by atoms with van der Waals surface area (Å²) in [6, 6.07) is 17.6. The number of benzene rings is 3. The SMILES string of the molecule is CC(=NNC(=O)CN(c1ccc(C)c(Cl)c1)S(=O)(=O)c1ccccc1)c1ccc(Cl)c(Cl)c1. The normalized spacial score (nSPS) is 11.8. The summed E-state index contributed by atoms with van der Waals surface area (Å²) < 4.78 is 27.7. The zero-order valence-corrected chi connectivity index (χ0v) is 20.8. The Kier molecular flexibility index (Phi) is 8.02. The van der Waals surface area contributed by atoms with Gasteiger partial charge in [-0.25, -0.2) is 13.8 Å². The summed E-state index contributed by atoms with van der Waals surface area (Å²) in [5.74, 6) is -0.634. The fourth-order valence-electron chi connectivity index (χ4n) is 2.87. The van der Waals surface area contributed by atoms with E-state index >= 15 is 0 Å². The molecule has 1 N–H and O–H groups in total. The van der Waals surface area contributed by atoms with Crippen LogP contribution in [-0.4, -0.2) is 26.6 Å². The van der Waals surface area contributed by atoms with Crippen LogP contribution in [0, 0.1) is 6.92 Å². The Morgan fingerprint density at radius 3 is 2.27 bits per heavy atom. The summed E-state index contributed by atoms with van der Waals surface area (Å²) in [5, 5.41) is 5.20. The van der Waals surface area contributed by atoms with Gasteiger partial charge in [-0.3, -0.25) is 9.10 Å². The van der Waals surface area contributed by atoms with Gasteiger partial charge in [0.05, 0.1) is 26.3 Å². The molecule has 0 atom stereocenters. The number of carbonyl (C=O) groups excluding carboxylic acids is 1. The van der Waals surface area contributed by atoms with Gasteiger partial charge >= 0.3 is 0 Å². The summed E-state index contributed by atoms with van der Waals surface area (Å²) >= 11 is 18.2. The third-order valence-corrected chi connectivity index (χ3v) is 7.68. The topological polar surface area (TPSA) is 78.8 Å². The van der Waals surface area contributed by atoms with E-state index in [4.69, 9.17) is 34.8 Å². The second-order valence-electron chi connectivity index (χ2n) is 7.12. The zero-order valence-electron chi connectivity index (χ0n) is 17.7. The molecule has 0 bridgehead atoms. The molecule has 0 saturated heterocycles. The second-order valence-corrected chi connectivity index (χ2v) is 10.2. The maximum atomic E-state index is 13.3. The van der Waals surface area contributed by atoms with E-state index in [-0.39, 0.29) is 10.6 Å². The zero-order chi connectivity index (χ0) is 24.2. The van der Waals surface area contributed by atoms with Crippen LogP contribution in [0.15, 0.2) is 76.7 Å². The molecule has 0 saturated carbocycles. The molecule has 0 fully saturated rings. The molecule has 0 spiro atoms. The summed E-state index contributed by atoms with van der Waals surface area (Å²) in [7, 11) is -4.05. The Labute approximate surface area is 207 Å². The average Bonchev–Trinajstić information content (AvgIpc) is 2.80. The largest absolute Gasteiger partial charge is 0.271 e. The number of hydrogen-bond donors (Lipinski definition) is 1.